The van der Waals surface area contributed by atoms with Crippen LogP contribution in [0.15, 0.2) is 30.3 Å². The molecule has 94 valence electrons. The molecule has 1 unspecified atom stereocenters. The molecule has 0 aliphatic carbocycles. The zero-order valence-electron chi connectivity index (χ0n) is 9.80. The zero-order valence-corrected chi connectivity index (χ0v) is 9.80. The van der Waals surface area contributed by atoms with Crippen LogP contribution in [0.25, 0.3) is 0 Å². The van der Waals surface area contributed by atoms with E-state index in [1.54, 1.807) is 0 Å². The van der Waals surface area contributed by atoms with E-state index in [0.29, 0.717) is 6.54 Å². The number of carbonyl (C=O) groups is 1. The molecular weight excluding hydrogens is 218 g/mol. The third-order valence-corrected chi connectivity index (χ3v) is 2.61. The van der Waals surface area contributed by atoms with Gasteiger partial charge < -0.3 is 15.5 Å². The second kappa shape index (κ2) is 7.81. The largest absolute Gasteiger partial charge is 0.481 e. The van der Waals surface area contributed by atoms with Gasteiger partial charge in [-0.1, -0.05) is 30.3 Å². The molecule has 0 heterocycles. The Bertz CT molecular complexity index is 327. The number of aliphatic carboxylic acids is 1. The van der Waals surface area contributed by atoms with Crippen LogP contribution in [0.5, 0.6) is 0 Å². The van der Waals surface area contributed by atoms with Crippen LogP contribution in [-0.2, 0) is 4.79 Å². The van der Waals surface area contributed by atoms with Gasteiger partial charge in [-0.3, -0.25) is 4.79 Å². The number of rotatable bonds is 8. The number of carboxylic acid groups (broad SMARTS) is 1. The Morgan fingerprint density at radius 1 is 1.24 bits per heavy atom. The molecule has 4 nitrogen and oxygen atoms in total. The van der Waals surface area contributed by atoms with E-state index >= 15 is 0 Å². The van der Waals surface area contributed by atoms with Gasteiger partial charge in [-0.15, -0.1) is 0 Å². The second-order valence-corrected chi connectivity index (χ2v) is 3.94. The van der Waals surface area contributed by atoms with Gasteiger partial charge in [-0.25, -0.2) is 0 Å². The quantitative estimate of drug-likeness (QED) is 0.594. The Morgan fingerprint density at radius 2 is 1.94 bits per heavy atom. The average Bonchev–Trinajstić information content (AvgIpc) is 2.34. The molecule has 0 aliphatic rings. The SMILES string of the molecule is O=C(O)C(CNCCCCO)c1ccccc1. The Labute approximate surface area is 101 Å². The van der Waals surface area contributed by atoms with Gasteiger partial charge in [0, 0.05) is 13.2 Å². The molecule has 0 aliphatic heterocycles. The number of aliphatic hydroxyl groups is 1. The Kier molecular flexibility index (Phi) is 6.29. The molecule has 0 fully saturated rings. The van der Waals surface area contributed by atoms with Crippen molar-refractivity contribution in [1.29, 1.82) is 0 Å². The molecule has 1 aromatic rings. The van der Waals surface area contributed by atoms with Crippen molar-refractivity contribution in [2.24, 2.45) is 0 Å². The summed E-state index contributed by atoms with van der Waals surface area (Å²) in [5.74, 6) is -1.32. The summed E-state index contributed by atoms with van der Waals surface area (Å²) in [5.41, 5.74) is 0.814. The zero-order chi connectivity index (χ0) is 12.5. The topological polar surface area (TPSA) is 69.6 Å². The summed E-state index contributed by atoms with van der Waals surface area (Å²) in [6.45, 7) is 1.34. The number of aliphatic hydroxyl groups excluding tert-OH is 1. The molecule has 0 amide bonds. The number of benzene rings is 1. The van der Waals surface area contributed by atoms with E-state index in [9.17, 15) is 4.79 Å². The van der Waals surface area contributed by atoms with E-state index < -0.39 is 11.9 Å². The molecule has 0 aromatic heterocycles. The fraction of sp³-hybridized carbons (Fsp3) is 0.462. The van der Waals surface area contributed by atoms with Crippen LogP contribution in [0.2, 0.25) is 0 Å². The Balaban J connectivity index is 2.42. The maximum atomic E-state index is 11.1. The van der Waals surface area contributed by atoms with Crippen LogP contribution in [0.4, 0.5) is 0 Å². The number of unbranched alkanes of at least 4 members (excludes halogenated alkanes) is 1. The van der Waals surface area contributed by atoms with Gasteiger partial charge in [0.1, 0.15) is 0 Å². The third-order valence-electron chi connectivity index (χ3n) is 2.61. The van der Waals surface area contributed by atoms with Gasteiger partial charge in [0.05, 0.1) is 5.92 Å². The first kappa shape index (κ1) is 13.7. The van der Waals surface area contributed by atoms with Crippen molar-refractivity contribution >= 4 is 5.97 Å². The lowest BCUT2D eigenvalue weighted by atomic mass is 9.99. The number of nitrogens with one attached hydrogen (secondary N) is 1. The van der Waals surface area contributed by atoms with E-state index in [0.717, 1.165) is 24.9 Å². The second-order valence-electron chi connectivity index (χ2n) is 3.94. The van der Waals surface area contributed by atoms with Crippen LogP contribution in [0.3, 0.4) is 0 Å². The maximum Gasteiger partial charge on any atom is 0.312 e. The molecule has 4 heteroatoms. The van der Waals surface area contributed by atoms with Gasteiger partial charge in [-0.05, 0) is 24.9 Å². The minimum Gasteiger partial charge on any atom is -0.481 e. The van der Waals surface area contributed by atoms with E-state index in [2.05, 4.69) is 5.32 Å². The van der Waals surface area contributed by atoms with Crippen LogP contribution in [0.1, 0.15) is 24.3 Å². The molecule has 1 aromatic carbocycles. The number of hydrogen-bond donors (Lipinski definition) is 3. The first-order valence-corrected chi connectivity index (χ1v) is 5.85. The smallest absolute Gasteiger partial charge is 0.312 e. The predicted molar refractivity (Wildman–Crippen MR) is 66.0 cm³/mol. The highest BCUT2D eigenvalue weighted by Gasteiger charge is 2.18. The van der Waals surface area contributed by atoms with Crippen molar-refractivity contribution in [3.8, 4) is 0 Å². The summed E-state index contributed by atoms with van der Waals surface area (Å²) < 4.78 is 0. The molecule has 3 N–H and O–H groups in total. The van der Waals surface area contributed by atoms with E-state index in [1.807, 2.05) is 30.3 Å². The normalized spacial score (nSPS) is 12.3. The van der Waals surface area contributed by atoms with Crippen molar-refractivity contribution < 1.29 is 15.0 Å². The predicted octanol–water partition coefficient (Wildman–Crippen LogP) is 1.22. The van der Waals surface area contributed by atoms with Crippen molar-refractivity contribution in [2.75, 3.05) is 19.7 Å². The van der Waals surface area contributed by atoms with Gasteiger partial charge >= 0.3 is 5.97 Å². The van der Waals surface area contributed by atoms with E-state index in [-0.39, 0.29) is 6.61 Å². The lowest BCUT2D eigenvalue weighted by Gasteiger charge is -2.13. The third kappa shape index (κ3) is 4.97. The monoisotopic (exact) mass is 237 g/mol. The lowest BCUT2D eigenvalue weighted by Crippen LogP contribution is -2.27. The van der Waals surface area contributed by atoms with Crippen molar-refractivity contribution in [1.82, 2.24) is 5.32 Å². The van der Waals surface area contributed by atoms with Crippen LogP contribution < -0.4 is 5.32 Å². The summed E-state index contributed by atoms with van der Waals surface area (Å²) in [6.07, 6.45) is 1.60. The molecule has 17 heavy (non-hydrogen) atoms. The molecule has 1 atom stereocenters. The summed E-state index contributed by atoms with van der Waals surface area (Å²) in [6, 6.07) is 9.22. The number of carboxylic acids is 1. The van der Waals surface area contributed by atoms with Gasteiger partial charge in [-0.2, -0.15) is 0 Å². The van der Waals surface area contributed by atoms with Gasteiger partial charge in [0.2, 0.25) is 0 Å². The maximum absolute atomic E-state index is 11.1. The first-order chi connectivity index (χ1) is 8.25. The summed E-state index contributed by atoms with van der Waals surface area (Å²) in [5, 5.41) is 20.9. The van der Waals surface area contributed by atoms with E-state index in [1.165, 1.54) is 0 Å². The fourth-order valence-corrected chi connectivity index (χ4v) is 1.64. The first-order valence-electron chi connectivity index (χ1n) is 5.85. The highest BCUT2D eigenvalue weighted by atomic mass is 16.4. The Hall–Kier alpha value is -1.39. The van der Waals surface area contributed by atoms with Crippen LogP contribution >= 0.6 is 0 Å². The van der Waals surface area contributed by atoms with Crippen LogP contribution in [0, 0.1) is 0 Å². The average molecular weight is 237 g/mol. The summed E-state index contributed by atoms with van der Waals surface area (Å²) in [4.78, 5) is 11.1. The lowest BCUT2D eigenvalue weighted by molar-refractivity contribution is -0.138. The van der Waals surface area contributed by atoms with Crippen LogP contribution in [-0.4, -0.2) is 35.9 Å². The summed E-state index contributed by atoms with van der Waals surface area (Å²) in [7, 11) is 0. The van der Waals surface area contributed by atoms with Crippen molar-refractivity contribution in [3.63, 3.8) is 0 Å². The molecule has 1 rings (SSSR count). The molecule has 0 radical (unpaired) electrons. The Morgan fingerprint density at radius 3 is 2.53 bits per heavy atom. The van der Waals surface area contributed by atoms with Gasteiger partial charge in [0.15, 0.2) is 0 Å². The van der Waals surface area contributed by atoms with Crippen molar-refractivity contribution in [2.45, 2.75) is 18.8 Å². The minimum atomic E-state index is -0.814. The summed E-state index contributed by atoms with van der Waals surface area (Å²) >= 11 is 0. The van der Waals surface area contributed by atoms with Gasteiger partial charge in [0.25, 0.3) is 0 Å². The highest BCUT2D eigenvalue weighted by molar-refractivity contribution is 5.76. The number of hydrogen-bond acceptors (Lipinski definition) is 3. The molecule has 0 saturated carbocycles. The standard InChI is InChI=1S/C13H19NO3/c15-9-5-4-8-14-10-12(13(16)17)11-6-2-1-3-7-11/h1-3,6-7,12,14-15H,4-5,8-10H2,(H,16,17). The molecule has 0 bridgehead atoms. The van der Waals surface area contributed by atoms with Crippen molar-refractivity contribution in [3.05, 3.63) is 35.9 Å². The highest BCUT2D eigenvalue weighted by Crippen LogP contribution is 2.14. The molecular formula is C13H19NO3. The van der Waals surface area contributed by atoms with E-state index in [4.69, 9.17) is 10.2 Å². The molecule has 0 saturated heterocycles. The minimum absolute atomic E-state index is 0.183. The fourth-order valence-electron chi connectivity index (χ4n) is 1.64. The molecule has 0 spiro atoms.